The molecular weight excluding hydrogens is 224 g/mol. The van der Waals surface area contributed by atoms with Gasteiger partial charge in [-0.25, -0.2) is 0 Å². The molecule has 0 spiro atoms. The van der Waals surface area contributed by atoms with Gasteiger partial charge in [-0.05, 0) is 38.1 Å². The Labute approximate surface area is 113 Å². The largest absolute Gasteiger partial charge is 0.378 e. The van der Waals surface area contributed by atoms with Gasteiger partial charge in [0.25, 0.3) is 0 Å². The summed E-state index contributed by atoms with van der Waals surface area (Å²) in [7, 11) is 0. The zero-order valence-electron chi connectivity index (χ0n) is 12.8. The summed E-state index contributed by atoms with van der Waals surface area (Å²) in [4.78, 5) is 2.62. The molecule has 0 bridgehead atoms. The van der Waals surface area contributed by atoms with Crippen molar-refractivity contribution in [2.24, 2.45) is 5.41 Å². The molecule has 3 heteroatoms. The molecule has 0 aromatic heterocycles. The van der Waals surface area contributed by atoms with E-state index >= 15 is 0 Å². The minimum Gasteiger partial charge on any atom is -0.378 e. The number of rotatable bonds is 8. The van der Waals surface area contributed by atoms with Crippen LogP contribution in [0.2, 0.25) is 0 Å². The lowest BCUT2D eigenvalue weighted by molar-refractivity contribution is 0.00494. The van der Waals surface area contributed by atoms with Gasteiger partial charge in [0, 0.05) is 32.8 Å². The lowest BCUT2D eigenvalue weighted by atomic mass is 9.86. The lowest BCUT2D eigenvalue weighted by Gasteiger charge is -2.38. The minimum atomic E-state index is 0.411. The molecule has 0 aromatic carbocycles. The standard InChI is InChI=1S/C15H32N2O/c1-5-15(4,12-16-6-2)13-17-10-8-14(9-11-17)18-7-3/h14,16H,5-13H2,1-4H3. The Bertz CT molecular complexity index is 215. The number of nitrogens with one attached hydrogen (secondary N) is 1. The first-order valence-electron chi connectivity index (χ1n) is 7.68. The van der Waals surface area contributed by atoms with Crippen LogP contribution in [-0.2, 0) is 4.74 Å². The highest BCUT2D eigenvalue weighted by atomic mass is 16.5. The van der Waals surface area contributed by atoms with Crippen LogP contribution in [0.25, 0.3) is 0 Å². The quantitative estimate of drug-likeness (QED) is 0.722. The van der Waals surface area contributed by atoms with E-state index in [9.17, 15) is 0 Å². The summed E-state index contributed by atoms with van der Waals surface area (Å²) in [6, 6.07) is 0. The molecule has 18 heavy (non-hydrogen) atoms. The van der Waals surface area contributed by atoms with Crippen molar-refractivity contribution in [3.63, 3.8) is 0 Å². The summed E-state index contributed by atoms with van der Waals surface area (Å²) in [5.74, 6) is 0. The van der Waals surface area contributed by atoms with Crippen LogP contribution in [-0.4, -0.2) is 50.3 Å². The van der Waals surface area contributed by atoms with E-state index in [0.29, 0.717) is 11.5 Å². The van der Waals surface area contributed by atoms with Gasteiger partial charge in [-0.2, -0.15) is 0 Å². The second-order valence-electron chi connectivity index (χ2n) is 5.88. The van der Waals surface area contributed by atoms with Crippen molar-refractivity contribution in [3.05, 3.63) is 0 Å². The number of piperidine rings is 1. The van der Waals surface area contributed by atoms with Gasteiger partial charge in [0.1, 0.15) is 0 Å². The third-order valence-electron chi connectivity index (χ3n) is 4.20. The Kier molecular flexibility index (Phi) is 7.20. The van der Waals surface area contributed by atoms with E-state index < -0.39 is 0 Å². The van der Waals surface area contributed by atoms with Crippen molar-refractivity contribution in [3.8, 4) is 0 Å². The Morgan fingerprint density at radius 3 is 2.39 bits per heavy atom. The third kappa shape index (κ3) is 5.25. The van der Waals surface area contributed by atoms with Crippen molar-refractivity contribution >= 4 is 0 Å². The molecule has 0 amide bonds. The first-order chi connectivity index (χ1) is 8.63. The maximum Gasteiger partial charge on any atom is 0.0599 e. The van der Waals surface area contributed by atoms with E-state index in [0.717, 1.165) is 19.7 Å². The highest BCUT2D eigenvalue weighted by molar-refractivity contribution is 4.82. The third-order valence-corrected chi connectivity index (χ3v) is 4.20. The fourth-order valence-electron chi connectivity index (χ4n) is 2.73. The molecule has 1 atom stereocenters. The maximum absolute atomic E-state index is 5.71. The van der Waals surface area contributed by atoms with Gasteiger partial charge in [0.15, 0.2) is 0 Å². The number of ether oxygens (including phenoxy) is 1. The fraction of sp³-hybridized carbons (Fsp3) is 1.00. The second-order valence-corrected chi connectivity index (χ2v) is 5.88. The average Bonchev–Trinajstić information content (AvgIpc) is 2.39. The Hall–Kier alpha value is -0.120. The van der Waals surface area contributed by atoms with Gasteiger partial charge >= 0.3 is 0 Å². The van der Waals surface area contributed by atoms with Crippen molar-refractivity contribution in [1.29, 1.82) is 0 Å². The van der Waals surface area contributed by atoms with Gasteiger partial charge in [0.2, 0.25) is 0 Å². The summed E-state index contributed by atoms with van der Waals surface area (Å²) >= 11 is 0. The van der Waals surface area contributed by atoms with Gasteiger partial charge in [0.05, 0.1) is 6.10 Å². The van der Waals surface area contributed by atoms with Gasteiger partial charge < -0.3 is 15.0 Å². The van der Waals surface area contributed by atoms with Crippen LogP contribution in [0.15, 0.2) is 0 Å². The molecule has 1 aliphatic heterocycles. The van der Waals surface area contributed by atoms with E-state index in [1.807, 2.05) is 0 Å². The van der Waals surface area contributed by atoms with Gasteiger partial charge in [-0.3, -0.25) is 0 Å². The van der Waals surface area contributed by atoms with E-state index in [1.165, 1.54) is 38.9 Å². The van der Waals surface area contributed by atoms with Crippen molar-refractivity contribution in [2.75, 3.05) is 39.3 Å². The number of hydrogen-bond donors (Lipinski definition) is 1. The molecule has 1 aliphatic rings. The topological polar surface area (TPSA) is 24.5 Å². The smallest absolute Gasteiger partial charge is 0.0599 e. The van der Waals surface area contributed by atoms with E-state index in [-0.39, 0.29) is 0 Å². The van der Waals surface area contributed by atoms with Crippen LogP contribution in [0.4, 0.5) is 0 Å². The Balaban J connectivity index is 2.33. The van der Waals surface area contributed by atoms with Gasteiger partial charge in [-0.15, -0.1) is 0 Å². The molecule has 1 fully saturated rings. The molecule has 0 aromatic rings. The minimum absolute atomic E-state index is 0.411. The molecule has 1 saturated heterocycles. The molecule has 1 rings (SSSR count). The maximum atomic E-state index is 5.71. The van der Waals surface area contributed by atoms with Crippen molar-refractivity contribution < 1.29 is 4.74 Å². The molecule has 0 saturated carbocycles. The van der Waals surface area contributed by atoms with Crippen LogP contribution in [0.5, 0.6) is 0 Å². The summed E-state index contributed by atoms with van der Waals surface area (Å²) in [6.45, 7) is 15.7. The predicted octanol–water partition coefficient (Wildman–Crippen LogP) is 2.51. The van der Waals surface area contributed by atoms with Crippen LogP contribution in [0, 0.1) is 5.41 Å². The molecule has 1 unspecified atom stereocenters. The summed E-state index contributed by atoms with van der Waals surface area (Å²) in [5, 5.41) is 3.51. The molecule has 1 N–H and O–H groups in total. The van der Waals surface area contributed by atoms with E-state index in [1.54, 1.807) is 0 Å². The van der Waals surface area contributed by atoms with Crippen LogP contribution >= 0.6 is 0 Å². The molecule has 3 nitrogen and oxygen atoms in total. The zero-order chi connectivity index (χ0) is 13.4. The molecule has 108 valence electrons. The molecule has 0 radical (unpaired) electrons. The van der Waals surface area contributed by atoms with Crippen LogP contribution in [0.1, 0.15) is 47.0 Å². The SMILES string of the molecule is CCNCC(C)(CC)CN1CCC(OCC)CC1. The fourth-order valence-corrected chi connectivity index (χ4v) is 2.73. The molecular formula is C15H32N2O. The Morgan fingerprint density at radius 1 is 1.22 bits per heavy atom. The van der Waals surface area contributed by atoms with Gasteiger partial charge in [-0.1, -0.05) is 20.8 Å². The van der Waals surface area contributed by atoms with Crippen molar-refractivity contribution in [2.45, 2.75) is 53.1 Å². The molecule has 1 heterocycles. The summed E-state index contributed by atoms with van der Waals surface area (Å²) in [5.41, 5.74) is 0.411. The van der Waals surface area contributed by atoms with Crippen molar-refractivity contribution in [1.82, 2.24) is 10.2 Å². The Morgan fingerprint density at radius 2 is 1.89 bits per heavy atom. The first-order valence-corrected chi connectivity index (χ1v) is 7.68. The van der Waals surface area contributed by atoms with E-state index in [4.69, 9.17) is 4.74 Å². The summed E-state index contributed by atoms with van der Waals surface area (Å²) < 4.78 is 5.71. The second kappa shape index (κ2) is 8.13. The van der Waals surface area contributed by atoms with E-state index in [2.05, 4.69) is 37.9 Å². The summed E-state index contributed by atoms with van der Waals surface area (Å²) in [6.07, 6.45) is 4.16. The lowest BCUT2D eigenvalue weighted by Crippen LogP contribution is -2.46. The predicted molar refractivity (Wildman–Crippen MR) is 78.0 cm³/mol. The highest BCUT2D eigenvalue weighted by Crippen LogP contribution is 2.24. The molecule has 0 aliphatic carbocycles. The first kappa shape index (κ1) is 15.9. The number of nitrogens with zero attached hydrogens (tertiary/aromatic N) is 1. The zero-order valence-corrected chi connectivity index (χ0v) is 12.8. The normalized spacial score (nSPS) is 22.0. The average molecular weight is 256 g/mol. The highest BCUT2D eigenvalue weighted by Gasteiger charge is 2.27. The number of likely N-dealkylation sites (tertiary alicyclic amines) is 1. The number of hydrogen-bond acceptors (Lipinski definition) is 3. The van der Waals surface area contributed by atoms with Crippen LogP contribution in [0.3, 0.4) is 0 Å². The van der Waals surface area contributed by atoms with Crippen LogP contribution < -0.4 is 5.32 Å². The monoisotopic (exact) mass is 256 g/mol.